The van der Waals surface area contributed by atoms with Crippen LogP contribution in [-0.2, 0) is 16.0 Å². The van der Waals surface area contributed by atoms with E-state index in [9.17, 15) is 26.4 Å². The molecular formula is C17H25F3N4O3S. The normalized spacial score (nSPS) is 13.7. The number of aliphatic imine (C=N–C) groups is 1. The first-order chi connectivity index (χ1) is 12.9. The summed E-state index contributed by atoms with van der Waals surface area (Å²) in [6.07, 6.45) is -2.85. The molecule has 0 spiro atoms. The highest BCUT2D eigenvalue weighted by molar-refractivity contribution is 7.90. The lowest BCUT2D eigenvalue weighted by atomic mass is 10.1. The Hall–Kier alpha value is -2.30. The van der Waals surface area contributed by atoms with Crippen molar-refractivity contribution in [2.24, 2.45) is 4.99 Å². The average molecular weight is 422 g/mol. The zero-order valence-electron chi connectivity index (χ0n) is 15.9. The second kappa shape index (κ2) is 10.3. The third kappa shape index (κ3) is 9.07. The molecule has 1 amide bonds. The van der Waals surface area contributed by atoms with Crippen LogP contribution in [0.5, 0.6) is 0 Å². The number of benzene rings is 1. The predicted molar refractivity (Wildman–Crippen MR) is 102 cm³/mol. The molecule has 0 bridgehead atoms. The van der Waals surface area contributed by atoms with Crippen LogP contribution in [0.2, 0.25) is 0 Å². The number of rotatable bonds is 8. The average Bonchev–Trinajstić information content (AvgIpc) is 2.61. The van der Waals surface area contributed by atoms with E-state index < -0.39 is 27.5 Å². The Bertz CT molecular complexity index is 778. The molecule has 1 aromatic carbocycles. The molecule has 0 saturated heterocycles. The van der Waals surface area contributed by atoms with Crippen LogP contribution in [0.4, 0.5) is 13.2 Å². The van der Waals surface area contributed by atoms with Crippen molar-refractivity contribution in [3.8, 4) is 0 Å². The molecule has 158 valence electrons. The second-order valence-corrected chi connectivity index (χ2v) is 8.55. The van der Waals surface area contributed by atoms with Gasteiger partial charge in [0.25, 0.3) is 5.91 Å². The van der Waals surface area contributed by atoms with Gasteiger partial charge in [-0.15, -0.1) is 0 Å². The standard InChI is InChI=1S/C17H25F3N4O3S/c1-12(8-11-28(3,26)27)24-16(21-2)23-10-9-22-15(25)13-4-6-14(7-5-13)17(18,19)20/h4-7,12H,8-11H2,1-3H3,(H,22,25)(H2,21,23,24). The van der Waals surface area contributed by atoms with Crippen molar-refractivity contribution in [3.05, 3.63) is 35.4 Å². The maximum atomic E-state index is 12.5. The van der Waals surface area contributed by atoms with E-state index in [1.165, 1.54) is 6.26 Å². The van der Waals surface area contributed by atoms with Gasteiger partial charge in [0, 0.05) is 38.0 Å². The number of carbonyl (C=O) groups excluding carboxylic acids is 1. The molecule has 0 aliphatic heterocycles. The zero-order chi connectivity index (χ0) is 21.4. The molecule has 1 aromatic rings. The van der Waals surface area contributed by atoms with Gasteiger partial charge in [0.2, 0.25) is 0 Å². The summed E-state index contributed by atoms with van der Waals surface area (Å²) in [6, 6.07) is 3.83. The molecule has 0 fully saturated rings. The van der Waals surface area contributed by atoms with E-state index in [1.54, 1.807) is 7.05 Å². The molecule has 3 N–H and O–H groups in total. The molecule has 7 nitrogen and oxygen atoms in total. The maximum absolute atomic E-state index is 12.5. The molecular weight excluding hydrogens is 397 g/mol. The SMILES string of the molecule is CN=C(NCCNC(=O)c1ccc(C(F)(F)F)cc1)NC(C)CCS(C)(=O)=O. The third-order valence-corrected chi connectivity index (χ3v) is 4.68. The smallest absolute Gasteiger partial charge is 0.355 e. The Labute approximate surface area is 162 Å². The first-order valence-corrected chi connectivity index (χ1v) is 10.6. The molecule has 0 aromatic heterocycles. The molecule has 1 rings (SSSR count). The Morgan fingerprint density at radius 2 is 1.71 bits per heavy atom. The molecule has 28 heavy (non-hydrogen) atoms. The summed E-state index contributed by atoms with van der Waals surface area (Å²) in [6.45, 7) is 2.37. The quantitative estimate of drug-likeness (QED) is 0.334. The fraction of sp³-hybridized carbons (Fsp3) is 0.529. The van der Waals surface area contributed by atoms with Gasteiger partial charge >= 0.3 is 6.18 Å². The summed E-state index contributed by atoms with van der Waals surface area (Å²) >= 11 is 0. The highest BCUT2D eigenvalue weighted by Gasteiger charge is 2.30. The highest BCUT2D eigenvalue weighted by Crippen LogP contribution is 2.28. The van der Waals surface area contributed by atoms with E-state index in [4.69, 9.17) is 0 Å². The number of hydrogen-bond donors (Lipinski definition) is 3. The molecule has 0 aliphatic rings. The van der Waals surface area contributed by atoms with Crippen molar-refractivity contribution < 1.29 is 26.4 Å². The topological polar surface area (TPSA) is 99.7 Å². The first kappa shape index (κ1) is 23.7. The summed E-state index contributed by atoms with van der Waals surface area (Å²) in [7, 11) is -1.48. The van der Waals surface area contributed by atoms with Crippen LogP contribution < -0.4 is 16.0 Å². The van der Waals surface area contributed by atoms with Crippen molar-refractivity contribution >= 4 is 21.7 Å². The molecule has 1 unspecified atom stereocenters. The van der Waals surface area contributed by atoms with Crippen LogP contribution in [0.15, 0.2) is 29.3 Å². The lowest BCUT2D eigenvalue weighted by molar-refractivity contribution is -0.137. The van der Waals surface area contributed by atoms with Gasteiger partial charge in [0.15, 0.2) is 5.96 Å². The molecule has 0 heterocycles. The van der Waals surface area contributed by atoms with Gasteiger partial charge in [-0.05, 0) is 37.6 Å². The van der Waals surface area contributed by atoms with Crippen molar-refractivity contribution in [2.75, 3.05) is 32.1 Å². The number of halogens is 3. The van der Waals surface area contributed by atoms with Crippen molar-refractivity contribution in [1.29, 1.82) is 0 Å². The van der Waals surface area contributed by atoms with Crippen molar-refractivity contribution in [3.63, 3.8) is 0 Å². The van der Waals surface area contributed by atoms with E-state index in [2.05, 4.69) is 20.9 Å². The number of alkyl halides is 3. The summed E-state index contributed by atoms with van der Waals surface area (Å²) in [4.78, 5) is 16.0. The maximum Gasteiger partial charge on any atom is 0.416 e. The van der Waals surface area contributed by atoms with Gasteiger partial charge in [-0.25, -0.2) is 8.42 Å². The van der Waals surface area contributed by atoms with E-state index in [1.807, 2.05) is 6.92 Å². The van der Waals surface area contributed by atoms with Crippen molar-refractivity contribution in [1.82, 2.24) is 16.0 Å². The molecule has 0 aliphatic carbocycles. The number of nitrogens with zero attached hydrogens (tertiary/aromatic N) is 1. The summed E-state index contributed by atoms with van der Waals surface area (Å²) in [5.41, 5.74) is -0.685. The Morgan fingerprint density at radius 3 is 2.21 bits per heavy atom. The van der Waals surface area contributed by atoms with Gasteiger partial charge in [0.1, 0.15) is 9.84 Å². The molecule has 11 heteroatoms. The van der Waals surface area contributed by atoms with Gasteiger partial charge < -0.3 is 16.0 Å². The number of carbonyl (C=O) groups is 1. The van der Waals surface area contributed by atoms with Crippen LogP contribution in [0, 0.1) is 0 Å². The summed E-state index contributed by atoms with van der Waals surface area (Å²) < 4.78 is 59.9. The predicted octanol–water partition coefficient (Wildman–Crippen LogP) is 1.42. The van der Waals surface area contributed by atoms with Gasteiger partial charge in [-0.2, -0.15) is 13.2 Å². The first-order valence-electron chi connectivity index (χ1n) is 8.52. The second-order valence-electron chi connectivity index (χ2n) is 6.29. The van der Waals surface area contributed by atoms with E-state index >= 15 is 0 Å². The minimum atomic E-state index is -4.44. The monoisotopic (exact) mass is 422 g/mol. The highest BCUT2D eigenvalue weighted by atomic mass is 32.2. The molecule has 0 radical (unpaired) electrons. The van der Waals surface area contributed by atoms with Crippen LogP contribution >= 0.6 is 0 Å². The number of hydrogen-bond acceptors (Lipinski definition) is 4. The fourth-order valence-corrected chi connectivity index (χ4v) is 2.94. The molecule has 0 saturated carbocycles. The largest absolute Gasteiger partial charge is 0.416 e. The van der Waals surface area contributed by atoms with Crippen LogP contribution in [0.1, 0.15) is 29.3 Å². The fourth-order valence-electron chi connectivity index (χ4n) is 2.16. The Kier molecular flexibility index (Phi) is 8.73. The third-order valence-electron chi connectivity index (χ3n) is 3.71. The number of sulfone groups is 1. The lowest BCUT2D eigenvalue weighted by Gasteiger charge is -2.17. The van der Waals surface area contributed by atoms with Gasteiger partial charge in [-0.3, -0.25) is 9.79 Å². The van der Waals surface area contributed by atoms with Gasteiger partial charge in [0.05, 0.1) is 11.3 Å². The lowest BCUT2D eigenvalue weighted by Crippen LogP contribution is -2.45. The van der Waals surface area contributed by atoms with E-state index in [0.717, 1.165) is 24.3 Å². The van der Waals surface area contributed by atoms with Crippen LogP contribution in [0.3, 0.4) is 0 Å². The number of amides is 1. The van der Waals surface area contributed by atoms with Crippen LogP contribution in [0.25, 0.3) is 0 Å². The van der Waals surface area contributed by atoms with Crippen LogP contribution in [-0.4, -0.2) is 58.5 Å². The summed E-state index contributed by atoms with van der Waals surface area (Å²) in [5, 5.41) is 8.58. The van der Waals surface area contributed by atoms with Crippen molar-refractivity contribution in [2.45, 2.75) is 25.6 Å². The van der Waals surface area contributed by atoms with E-state index in [-0.39, 0.29) is 23.9 Å². The minimum absolute atomic E-state index is 0.0569. The van der Waals surface area contributed by atoms with Gasteiger partial charge in [-0.1, -0.05) is 0 Å². The number of guanidine groups is 1. The Morgan fingerprint density at radius 1 is 1.14 bits per heavy atom. The minimum Gasteiger partial charge on any atom is -0.355 e. The van der Waals surface area contributed by atoms with E-state index in [0.29, 0.717) is 18.9 Å². The molecule has 1 atom stereocenters. The zero-order valence-corrected chi connectivity index (χ0v) is 16.7. The summed E-state index contributed by atoms with van der Waals surface area (Å²) in [5.74, 6) is 0.0196. The number of nitrogens with one attached hydrogen (secondary N) is 3. The Balaban J connectivity index is 2.39.